The third-order valence-electron chi connectivity index (χ3n) is 3.75. The van der Waals surface area contributed by atoms with Crippen LogP contribution in [0.3, 0.4) is 0 Å². The summed E-state index contributed by atoms with van der Waals surface area (Å²) in [5.41, 5.74) is 4.54. The van der Waals surface area contributed by atoms with Crippen LogP contribution in [0, 0.1) is 19.7 Å². The summed E-state index contributed by atoms with van der Waals surface area (Å²) in [5, 5.41) is 3.30. The van der Waals surface area contributed by atoms with Crippen LogP contribution in [-0.4, -0.2) is 7.05 Å². The summed E-state index contributed by atoms with van der Waals surface area (Å²) < 4.78 is 13.8. The Kier molecular flexibility index (Phi) is 4.33. The van der Waals surface area contributed by atoms with Gasteiger partial charge in [-0.2, -0.15) is 0 Å². The molecule has 0 heterocycles. The molecule has 2 aromatic carbocycles. The quantitative estimate of drug-likeness (QED) is 0.874. The fourth-order valence-corrected chi connectivity index (χ4v) is 2.40. The summed E-state index contributed by atoms with van der Waals surface area (Å²) in [5.74, 6) is -0.131. The van der Waals surface area contributed by atoms with E-state index in [9.17, 15) is 4.39 Å². The second kappa shape index (κ2) is 5.98. The lowest BCUT2D eigenvalue weighted by atomic mass is 9.93. The molecular weight excluding hydrogens is 237 g/mol. The Morgan fingerprint density at radius 3 is 2.47 bits per heavy atom. The average molecular weight is 257 g/mol. The maximum Gasteiger partial charge on any atom is 0.126 e. The molecule has 2 heteroatoms. The van der Waals surface area contributed by atoms with Gasteiger partial charge < -0.3 is 5.32 Å². The van der Waals surface area contributed by atoms with Crippen LogP contribution in [-0.2, 0) is 6.42 Å². The average Bonchev–Trinajstić information content (AvgIpc) is 2.41. The molecule has 2 aromatic rings. The first-order chi connectivity index (χ1) is 9.13. The first-order valence-corrected chi connectivity index (χ1v) is 6.60. The van der Waals surface area contributed by atoms with E-state index in [0.717, 1.165) is 5.56 Å². The van der Waals surface area contributed by atoms with Gasteiger partial charge in [-0.05, 0) is 55.6 Å². The topological polar surface area (TPSA) is 12.0 Å². The number of nitrogens with one attached hydrogen (secondary N) is 1. The highest BCUT2D eigenvalue weighted by Crippen LogP contribution is 2.24. The third kappa shape index (κ3) is 3.02. The normalized spacial score (nSPS) is 12.4. The molecule has 1 unspecified atom stereocenters. The first-order valence-electron chi connectivity index (χ1n) is 6.60. The fourth-order valence-electron chi connectivity index (χ4n) is 2.40. The lowest BCUT2D eigenvalue weighted by Crippen LogP contribution is -2.20. The lowest BCUT2D eigenvalue weighted by molar-refractivity contribution is 0.552. The Labute approximate surface area is 114 Å². The van der Waals surface area contributed by atoms with Gasteiger partial charge >= 0.3 is 0 Å². The minimum absolute atomic E-state index is 0.131. The van der Waals surface area contributed by atoms with E-state index in [2.05, 4.69) is 37.4 Å². The second-order valence-electron chi connectivity index (χ2n) is 4.93. The van der Waals surface area contributed by atoms with Gasteiger partial charge in [0.15, 0.2) is 0 Å². The molecule has 0 aliphatic rings. The molecule has 1 atom stereocenters. The monoisotopic (exact) mass is 257 g/mol. The molecule has 100 valence electrons. The summed E-state index contributed by atoms with van der Waals surface area (Å²) >= 11 is 0. The molecule has 0 aliphatic heterocycles. The molecule has 0 radical (unpaired) electrons. The minimum atomic E-state index is -0.131. The van der Waals surface area contributed by atoms with Gasteiger partial charge in [-0.1, -0.05) is 36.4 Å². The van der Waals surface area contributed by atoms with Crippen molar-refractivity contribution in [3.8, 4) is 0 Å². The summed E-state index contributed by atoms with van der Waals surface area (Å²) in [6.07, 6.45) is 0.660. The molecule has 0 amide bonds. The van der Waals surface area contributed by atoms with Gasteiger partial charge in [0.2, 0.25) is 0 Å². The van der Waals surface area contributed by atoms with Gasteiger partial charge in [-0.15, -0.1) is 0 Å². The van der Waals surface area contributed by atoms with E-state index in [1.807, 2.05) is 19.2 Å². The van der Waals surface area contributed by atoms with Crippen molar-refractivity contribution in [1.29, 1.82) is 0 Å². The van der Waals surface area contributed by atoms with Crippen LogP contribution in [0.5, 0.6) is 0 Å². The summed E-state index contributed by atoms with van der Waals surface area (Å²) in [4.78, 5) is 0. The van der Waals surface area contributed by atoms with E-state index >= 15 is 0 Å². The van der Waals surface area contributed by atoms with Gasteiger partial charge in [-0.3, -0.25) is 0 Å². The second-order valence-corrected chi connectivity index (χ2v) is 4.93. The molecule has 0 saturated carbocycles. The molecule has 0 fully saturated rings. The molecule has 0 saturated heterocycles. The van der Waals surface area contributed by atoms with E-state index in [1.54, 1.807) is 6.07 Å². The van der Waals surface area contributed by atoms with Crippen molar-refractivity contribution in [3.63, 3.8) is 0 Å². The van der Waals surface area contributed by atoms with Crippen LogP contribution < -0.4 is 5.32 Å². The fraction of sp³-hybridized carbons (Fsp3) is 0.294. The maximum absolute atomic E-state index is 13.8. The molecule has 0 aromatic heterocycles. The highest BCUT2D eigenvalue weighted by Gasteiger charge is 2.15. The largest absolute Gasteiger partial charge is 0.313 e. The summed E-state index contributed by atoms with van der Waals surface area (Å²) in [6.45, 7) is 4.23. The molecule has 1 nitrogen and oxygen atoms in total. The highest BCUT2D eigenvalue weighted by molar-refractivity contribution is 5.36. The van der Waals surface area contributed by atoms with E-state index < -0.39 is 0 Å². The number of hydrogen-bond acceptors (Lipinski definition) is 1. The van der Waals surface area contributed by atoms with Crippen molar-refractivity contribution >= 4 is 0 Å². The Morgan fingerprint density at radius 1 is 1.05 bits per heavy atom. The van der Waals surface area contributed by atoms with Gasteiger partial charge in [0.25, 0.3) is 0 Å². The molecule has 0 bridgehead atoms. The Hall–Kier alpha value is -1.67. The van der Waals surface area contributed by atoms with Crippen molar-refractivity contribution in [2.24, 2.45) is 0 Å². The molecule has 2 rings (SSSR count). The zero-order chi connectivity index (χ0) is 13.8. The van der Waals surface area contributed by atoms with Crippen LogP contribution in [0.1, 0.15) is 28.3 Å². The van der Waals surface area contributed by atoms with Crippen molar-refractivity contribution < 1.29 is 4.39 Å². The van der Waals surface area contributed by atoms with E-state index in [1.165, 1.54) is 22.8 Å². The number of benzene rings is 2. The van der Waals surface area contributed by atoms with Gasteiger partial charge in [0.05, 0.1) is 0 Å². The van der Waals surface area contributed by atoms with Gasteiger partial charge in [0, 0.05) is 6.04 Å². The molecule has 19 heavy (non-hydrogen) atoms. The number of likely N-dealkylation sites (N-methyl/N-ethyl adjacent to an activating group) is 1. The number of hydrogen-bond donors (Lipinski definition) is 1. The number of aryl methyl sites for hydroxylation is 1. The number of rotatable bonds is 4. The minimum Gasteiger partial charge on any atom is -0.313 e. The van der Waals surface area contributed by atoms with Crippen LogP contribution in [0.4, 0.5) is 4.39 Å². The number of halogens is 1. The molecule has 0 aliphatic carbocycles. The van der Waals surface area contributed by atoms with Gasteiger partial charge in [-0.25, -0.2) is 4.39 Å². The van der Waals surface area contributed by atoms with Crippen molar-refractivity contribution in [3.05, 3.63) is 70.5 Å². The standard InChI is InChI=1S/C17H20FN/c1-12-7-6-9-15(13(12)2)17(19-3)11-14-8-4-5-10-16(14)18/h4-10,17,19H,11H2,1-3H3. The van der Waals surface area contributed by atoms with Crippen LogP contribution in [0.25, 0.3) is 0 Å². The van der Waals surface area contributed by atoms with Crippen molar-refractivity contribution in [2.45, 2.75) is 26.3 Å². The van der Waals surface area contributed by atoms with Crippen molar-refractivity contribution in [2.75, 3.05) is 7.05 Å². The Morgan fingerprint density at radius 2 is 1.79 bits per heavy atom. The predicted octanol–water partition coefficient (Wildman–Crippen LogP) is 3.95. The lowest BCUT2D eigenvalue weighted by Gasteiger charge is -2.20. The van der Waals surface area contributed by atoms with Crippen molar-refractivity contribution in [1.82, 2.24) is 5.32 Å². The third-order valence-corrected chi connectivity index (χ3v) is 3.75. The van der Waals surface area contributed by atoms with Crippen LogP contribution in [0.2, 0.25) is 0 Å². The van der Waals surface area contributed by atoms with E-state index in [-0.39, 0.29) is 11.9 Å². The molecular formula is C17H20FN. The predicted molar refractivity (Wildman–Crippen MR) is 77.8 cm³/mol. The van der Waals surface area contributed by atoms with E-state index in [4.69, 9.17) is 0 Å². The zero-order valence-corrected chi connectivity index (χ0v) is 11.7. The Balaban J connectivity index is 2.31. The SMILES string of the molecule is CNC(Cc1ccccc1F)c1cccc(C)c1C. The smallest absolute Gasteiger partial charge is 0.126 e. The first kappa shape index (κ1) is 13.8. The Bertz CT molecular complexity index is 563. The zero-order valence-electron chi connectivity index (χ0n) is 11.7. The summed E-state index contributed by atoms with van der Waals surface area (Å²) in [7, 11) is 1.92. The summed E-state index contributed by atoms with van der Waals surface area (Å²) in [6, 6.07) is 13.4. The van der Waals surface area contributed by atoms with Crippen LogP contribution in [0.15, 0.2) is 42.5 Å². The van der Waals surface area contributed by atoms with Crippen LogP contribution >= 0.6 is 0 Å². The van der Waals surface area contributed by atoms with Gasteiger partial charge in [0.1, 0.15) is 5.82 Å². The molecule has 0 spiro atoms. The van der Waals surface area contributed by atoms with E-state index in [0.29, 0.717) is 6.42 Å². The highest BCUT2D eigenvalue weighted by atomic mass is 19.1. The molecule has 1 N–H and O–H groups in total. The maximum atomic E-state index is 13.8.